The van der Waals surface area contributed by atoms with Crippen molar-refractivity contribution in [2.24, 2.45) is 0 Å². The van der Waals surface area contributed by atoms with Crippen LogP contribution in [0.15, 0.2) is 30.3 Å². The highest BCUT2D eigenvalue weighted by Crippen LogP contribution is 2.08. The summed E-state index contributed by atoms with van der Waals surface area (Å²) in [6.45, 7) is 6.82. The molecule has 0 aromatic heterocycles. The van der Waals surface area contributed by atoms with Crippen molar-refractivity contribution in [2.75, 3.05) is 0 Å². The molecule has 0 saturated heterocycles. The van der Waals surface area contributed by atoms with E-state index in [1.165, 1.54) is 6.92 Å². The Bertz CT molecular complexity index is 434. The number of carbonyl (C=O) groups is 2. The van der Waals surface area contributed by atoms with Crippen LogP contribution in [0.25, 0.3) is 0 Å². The van der Waals surface area contributed by atoms with Crippen LogP contribution in [-0.2, 0) is 16.0 Å². The number of ether oxygens (including phenoxy) is 1. The molecule has 4 nitrogen and oxygen atoms in total. The number of rotatable bonds is 4. The number of benzene rings is 1. The Morgan fingerprint density at radius 2 is 1.79 bits per heavy atom. The zero-order valence-corrected chi connectivity index (χ0v) is 11.9. The van der Waals surface area contributed by atoms with E-state index in [0.29, 0.717) is 6.42 Å². The summed E-state index contributed by atoms with van der Waals surface area (Å²) in [6, 6.07) is 9.00. The number of amides is 1. The molecule has 0 unspecified atom stereocenters. The van der Waals surface area contributed by atoms with Crippen molar-refractivity contribution >= 4 is 11.9 Å². The molecule has 0 heterocycles. The van der Waals surface area contributed by atoms with Gasteiger partial charge in [0.2, 0.25) is 0 Å². The summed E-state index contributed by atoms with van der Waals surface area (Å²) in [7, 11) is 0. The fraction of sp³-hybridized carbons (Fsp3) is 0.467. The molecule has 0 bridgehead atoms. The number of nitrogens with one attached hydrogen (secondary N) is 1. The van der Waals surface area contributed by atoms with Gasteiger partial charge in [-0.25, -0.2) is 4.79 Å². The summed E-state index contributed by atoms with van der Waals surface area (Å²) in [5, 5.41) is 2.61. The highest BCUT2D eigenvalue weighted by Gasteiger charge is 2.22. The lowest BCUT2D eigenvalue weighted by atomic mass is 10.0. The minimum absolute atomic E-state index is 0.0882. The third-order valence-corrected chi connectivity index (χ3v) is 2.46. The lowest BCUT2D eigenvalue weighted by Gasteiger charge is -2.22. The van der Waals surface area contributed by atoms with E-state index in [4.69, 9.17) is 4.74 Å². The summed E-state index contributed by atoms with van der Waals surface area (Å²) in [4.78, 5) is 23.3. The van der Waals surface area contributed by atoms with Crippen LogP contribution in [0.5, 0.6) is 0 Å². The van der Waals surface area contributed by atoms with E-state index in [-0.39, 0.29) is 5.78 Å². The van der Waals surface area contributed by atoms with Gasteiger partial charge in [0.15, 0.2) is 5.78 Å². The molecule has 0 aliphatic carbocycles. The number of Topliss-reactive ketones (excluding diaryl/α,β-unsaturated/α-hetero) is 1. The topological polar surface area (TPSA) is 55.4 Å². The molecule has 1 aromatic rings. The maximum Gasteiger partial charge on any atom is 0.408 e. The van der Waals surface area contributed by atoms with Crippen LogP contribution in [0.2, 0.25) is 0 Å². The molecule has 4 heteroatoms. The monoisotopic (exact) mass is 263 g/mol. The molecule has 1 N–H and O–H groups in total. The van der Waals surface area contributed by atoms with Crippen LogP contribution in [-0.4, -0.2) is 23.5 Å². The molecule has 0 spiro atoms. The average molecular weight is 263 g/mol. The largest absolute Gasteiger partial charge is 0.444 e. The highest BCUT2D eigenvalue weighted by atomic mass is 16.6. The number of carbonyl (C=O) groups excluding carboxylic acids is 2. The van der Waals surface area contributed by atoms with Crippen molar-refractivity contribution in [3.63, 3.8) is 0 Å². The van der Waals surface area contributed by atoms with Gasteiger partial charge in [0.25, 0.3) is 0 Å². The summed E-state index contributed by atoms with van der Waals surface area (Å²) in [5.74, 6) is -0.0882. The fourth-order valence-corrected chi connectivity index (χ4v) is 1.60. The molecule has 1 atom stereocenters. The molecular weight excluding hydrogens is 242 g/mol. The fourth-order valence-electron chi connectivity index (χ4n) is 1.60. The lowest BCUT2D eigenvalue weighted by Crippen LogP contribution is -2.43. The Labute approximate surface area is 114 Å². The summed E-state index contributed by atoms with van der Waals surface area (Å²) in [6.07, 6.45) is -0.0984. The van der Waals surface area contributed by atoms with E-state index in [0.717, 1.165) is 5.56 Å². The van der Waals surface area contributed by atoms with Crippen LogP contribution in [0.3, 0.4) is 0 Å². The molecule has 104 valence electrons. The van der Waals surface area contributed by atoms with Crippen molar-refractivity contribution in [2.45, 2.75) is 45.8 Å². The summed E-state index contributed by atoms with van der Waals surface area (Å²) < 4.78 is 5.15. The van der Waals surface area contributed by atoms with Gasteiger partial charge in [-0.15, -0.1) is 0 Å². The second-order valence-corrected chi connectivity index (χ2v) is 5.50. The van der Waals surface area contributed by atoms with Gasteiger partial charge in [-0.3, -0.25) is 4.79 Å². The number of hydrogen-bond donors (Lipinski definition) is 1. The second-order valence-electron chi connectivity index (χ2n) is 5.50. The van der Waals surface area contributed by atoms with E-state index in [1.54, 1.807) is 20.8 Å². The van der Waals surface area contributed by atoms with E-state index in [1.807, 2.05) is 30.3 Å². The van der Waals surface area contributed by atoms with Gasteiger partial charge in [-0.1, -0.05) is 30.3 Å². The van der Waals surface area contributed by atoms with Crippen LogP contribution in [0, 0.1) is 0 Å². The van der Waals surface area contributed by atoms with Crippen molar-refractivity contribution < 1.29 is 14.3 Å². The quantitative estimate of drug-likeness (QED) is 0.908. The average Bonchev–Trinajstić information content (AvgIpc) is 2.26. The van der Waals surface area contributed by atoms with Crippen LogP contribution >= 0.6 is 0 Å². The van der Waals surface area contributed by atoms with Gasteiger partial charge in [-0.2, -0.15) is 0 Å². The normalized spacial score (nSPS) is 12.6. The summed E-state index contributed by atoms with van der Waals surface area (Å²) >= 11 is 0. The van der Waals surface area contributed by atoms with E-state index < -0.39 is 17.7 Å². The molecule has 1 aromatic carbocycles. The Kier molecular flexibility index (Phi) is 5.10. The predicted molar refractivity (Wildman–Crippen MR) is 74.0 cm³/mol. The van der Waals surface area contributed by atoms with Crippen molar-refractivity contribution in [1.82, 2.24) is 5.32 Å². The standard InChI is InChI=1S/C15H21NO3/c1-11(17)13(10-12-8-6-5-7-9-12)16-14(18)19-15(2,3)4/h5-9,13H,10H2,1-4H3,(H,16,18)/t13-/m0/s1. The molecule has 0 saturated carbocycles. The number of ketones is 1. The third-order valence-electron chi connectivity index (χ3n) is 2.46. The number of alkyl carbamates (subject to hydrolysis) is 1. The summed E-state index contributed by atoms with van der Waals surface area (Å²) in [5.41, 5.74) is 0.428. The van der Waals surface area contributed by atoms with E-state index in [9.17, 15) is 9.59 Å². The SMILES string of the molecule is CC(=O)[C@H](Cc1ccccc1)NC(=O)OC(C)(C)C. The molecule has 0 aliphatic heterocycles. The molecule has 0 fully saturated rings. The third kappa shape index (κ3) is 6.04. The van der Waals surface area contributed by atoms with E-state index >= 15 is 0 Å². The van der Waals surface area contributed by atoms with E-state index in [2.05, 4.69) is 5.32 Å². The Morgan fingerprint density at radius 1 is 1.21 bits per heavy atom. The van der Waals surface area contributed by atoms with Gasteiger partial charge in [-0.05, 0) is 39.7 Å². The molecular formula is C15H21NO3. The van der Waals surface area contributed by atoms with Crippen molar-refractivity contribution in [3.05, 3.63) is 35.9 Å². The van der Waals surface area contributed by atoms with Crippen molar-refractivity contribution in [1.29, 1.82) is 0 Å². The first kappa shape index (κ1) is 15.2. The first-order valence-corrected chi connectivity index (χ1v) is 6.32. The molecule has 0 radical (unpaired) electrons. The van der Waals surface area contributed by atoms with Crippen LogP contribution in [0.4, 0.5) is 4.79 Å². The van der Waals surface area contributed by atoms with Gasteiger partial charge < -0.3 is 10.1 Å². The first-order chi connectivity index (χ1) is 8.78. The van der Waals surface area contributed by atoms with Gasteiger partial charge in [0.05, 0.1) is 6.04 Å². The minimum Gasteiger partial charge on any atom is -0.444 e. The smallest absolute Gasteiger partial charge is 0.408 e. The molecule has 19 heavy (non-hydrogen) atoms. The highest BCUT2D eigenvalue weighted by molar-refractivity contribution is 5.85. The minimum atomic E-state index is -0.571. The number of hydrogen-bond acceptors (Lipinski definition) is 3. The maximum absolute atomic E-state index is 11.7. The molecule has 1 rings (SSSR count). The zero-order chi connectivity index (χ0) is 14.5. The second kappa shape index (κ2) is 6.36. The lowest BCUT2D eigenvalue weighted by molar-refractivity contribution is -0.119. The van der Waals surface area contributed by atoms with Crippen molar-refractivity contribution in [3.8, 4) is 0 Å². The first-order valence-electron chi connectivity index (χ1n) is 6.32. The van der Waals surface area contributed by atoms with Crippen LogP contribution in [0.1, 0.15) is 33.3 Å². The van der Waals surface area contributed by atoms with Crippen LogP contribution < -0.4 is 5.32 Å². The molecule has 1 amide bonds. The van der Waals surface area contributed by atoms with Gasteiger partial charge in [0.1, 0.15) is 5.60 Å². The Morgan fingerprint density at radius 3 is 2.26 bits per heavy atom. The van der Waals surface area contributed by atoms with Gasteiger partial charge in [0, 0.05) is 0 Å². The van der Waals surface area contributed by atoms with Gasteiger partial charge >= 0.3 is 6.09 Å². The predicted octanol–water partition coefficient (Wildman–Crippen LogP) is 2.71. The Balaban J connectivity index is 2.64. The zero-order valence-electron chi connectivity index (χ0n) is 11.9. The maximum atomic E-state index is 11.7. The Hall–Kier alpha value is -1.84. The molecule has 0 aliphatic rings.